The smallest absolute Gasteiger partial charge is 0.265 e. The van der Waals surface area contributed by atoms with Gasteiger partial charge in [-0.15, -0.1) is 0 Å². The number of nitrogens with zero attached hydrogens (tertiary/aromatic N) is 1. The molecule has 1 N–H and O–H groups in total. The number of aromatic nitrogens is 1. The molecule has 1 amide bonds. The van der Waals surface area contributed by atoms with Crippen molar-refractivity contribution in [3.05, 3.63) is 90.1 Å². The molecule has 33 heavy (non-hydrogen) atoms. The minimum absolute atomic E-state index is 0.265. The van der Waals surface area contributed by atoms with Gasteiger partial charge in [-0.1, -0.05) is 71.9 Å². The highest BCUT2D eigenvalue weighted by atomic mass is 16.5. The maximum absolute atomic E-state index is 12.8. The van der Waals surface area contributed by atoms with Gasteiger partial charge in [0.2, 0.25) is 0 Å². The summed E-state index contributed by atoms with van der Waals surface area (Å²) in [6.07, 6.45) is 1.94. The van der Waals surface area contributed by atoms with Gasteiger partial charge in [-0.05, 0) is 61.4 Å². The Labute approximate surface area is 193 Å². The normalized spacial score (nSPS) is 14.0. The minimum atomic E-state index is -0.671. The molecule has 3 aromatic carbocycles. The van der Waals surface area contributed by atoms with Crippen molar-refractivity contribution in [2.75, 3.05) is 5.32 Å². The average molecular weight is 439 g/mol. The molecule has 5 rings (SSSR count). The third-order valence-corrected chi connectivity index (χ3v) is 5.98. The number of benzene rings is 3. The highest BCUT2D eigenvalue weighted by molar-refractivity contribution is 5.97. The van der Waals surface area contributed by atoms with Crippen molar-refractivity contribution in [3.8, 4) is 28.2 Å². The average Bonchev–Trinajstić information content (AvgIpc) is 3.64. The lowest BCUT2D eigenvalue weighted by molar-refractivity contribution is -0.122. The van der Waals surface area contributed by atoms with Gasteiger partial charge in [0, 0.05) is 5.56 Å². The molecule has 1 fully saturated rings. The fraction of sp³-hybridized carbons (Fsp3) is 0.214. The van der Waals surface area contributed by atoms with Gasteiger partial charge in [-0.3, -0.25) is 4.79 Å². The summed E-state index contributed by atoms with van der Waals surface area (Å²) in [5, 5.41) is 7.00. The van der Waals surface area contributed by atoms with Crippen molar-refractivity contribution in [1.82, 2.24) is 5.16 Å². The quantitative estimate of drug-likeness (QED) is 0.353. The third-order valence-electron chi connectivity index (χ3n) is 5.98. The van der Waals surface area contributed by atoms with Gasteiger partial charge in [0.05, 0.1) is 0 Å². The standard InChI is InChI=1S/C28H26N2O3/c1-18-26(29-28(31)19(2)32-25-6-4-3-5-7-25)27(33-30-18)24-16-14-23(15-17-24)22-12-10-21(11-13-22)20-8-9-20/h3-7,10-17,19-20H,8-9H2,1-2H3,(H,29,31). The Bertz CT molecular complexity index is 1240. The number of hydrogen-bond acceptors (Lipinski definition) is 4. The van der Waals surface area contributed by atoms with E-state index in [0.717, 1.165) is 17.0 Å². The summed E-state index contributed by atoms with van der Waals surface area (Å²) in [5.74, 6) is 1.66. The maximum Gasteiger partial charge on any atom is 0.265 e. The van der Waals surface area contributed by atoms with Crippen molar-refractivity contribution in [3.63, 3.8) is 0 Å². The van der Waals surface area contributed by atoms with Crippen LogP contribution in [0.4, 0.5) is 5.69 Å². The molecular weight excluding hydrogens is 412 g/mol. The predicted octanol–water partition coefficient (Wildman–Crippen LogP) is 6.60. The van der Waals surface area contributed by atoms with Crippen LogP contribution in [-0.2, 0) is 4.79 Å². The number of carbonyl (C=O) groups is 1. The van der Waals surface area contributed by atoms with E-state index < -0.39 is 6.10 Å². The first kappa shape index (κ1) is 21.0. The Balaban J connectivity index is 1.31. The molecule has 1 aliphatic carbocycles. The predicted molar refractivity (Wildman–Crippen MR) is 129 cm³/mol. The lowest BCUT2D eigenvalue weighted by atomic mass is 10.0. The number of nitrogens with one attached hydrogen (secondary N) is 1. The monoisotopic (exact) mass is 438 g/mol. The molecule has 0 aliphatic heterocycles. The van der Waals surface area contributed by atoms with Gasteiger partial charge in [-0.25, -0.2) is 0 Å². The van der Waals surface area contributed by atoms with E-state index in [2.05, 4.69) is 46.9 Å². The first-order valence-corrected chi connectivity index (χ1v) is 11.3. The SMILES string of the molecule is Cc1noc(-c2ccc(-c3ccc(C4CC4)cc3)cc2)c1NC(=O)C(C)Oc1ccccc1. The number of hydrogen-bond donors (Lipinski definition) is 1. The second kappa shape index (κ2) is 8.94. The van der Waals surface area contributed by atoms with Crippen LogP contribution in [0.25, 0.3) is 22.5 Å². The highest BCUT2D eigenvalue weighted by Gasteiger charge is 2.23. The van der Waals surface area contributed by atoms with Gasteiger partial charge in [-0.2, -0.15) is 0 Å². The van der Waals surface area contributed by atoms with Crippen molar-refractivity contribution in [2.45, 2.75) is 38.7 Å². The summed E-state index contributed by atoms with van der Waals surface area (Å²) in [5.41, 5.74) is 5.77. The molecule has 5 nitrogen and oxygen atoms in total. The third kappa shape index (κ3) is 4.67. The van der Waals surface area contributed by atoms with Crippen LogP contribution in [0.5, 0.6) is 5.75 Å². The summed E-state index contributed by atoms with van der Waals surface area (Å²) in [6.45, 7) is 3.52. The van der Waals surface area contributed by atoms with Crippen LogP contribution >= 0.6 is 0 Å². The van der Waals surface area contributed by atoms with E-state index in [-0.39, 0.29) is 5.91 Å². The number of carbonyl (C=O) groups excluding carboxylic acids is 1. The lowest BCUT2D eigenvalue weighted by Gasteiger charge is -2.14. The van der Waals surface area contributed by atoms with Crippen molar-refractivity contribution in [2.24, 2.45) is 0 Å². The molecule has 1 heterocycles. The number of ether oxygens (including phenoxy) is 1. The fourth-order valence-corrected chi connectivity index (χ4v) is 3.87. The molecule has 166 valence electrons. The number of amides is 1. The van der Waals surface area contributed by atoms with Crippen LogP contribution in [-0.4, -0.2) is 17.2 Å². The van der Waals surface area contributed by atoms with E-state index in [1.807, 2.05) is 42.5 Å². The highest BCUT2D eigenvalue weighted by Crippen LogP contribution is 2.40. The number of para-hydroxylation sites is 1. The molecule has 4 aromatic rings. The molecule has 1 aromatic heterocycles. The summed E-state index contributed by atoms with van der Waals surface area (Å²) < 4.78 is 11.3. The Kier molecular flexibility index (Phi) is 5.69. The van der Waals surface area contributed by atoms with Crippen molar-refractivity contribution in [1.29, 1.82) is 0 Å². The van der Waals surface area contributed by atoms with Crippen LogP contribution in [0.2, 0.25) is 0 Å². The Morgan fingerprint density at radius 1 is 0.939 bits per heavy atom. The van der Waals surface area contributed by atoms with Crippen molar-refractivity contribution < 1.29 is 14.1 Å². The fourth-order valence-electron chi connectivity index (χ4n) is 3.87. The van der Waals surface area contributed by atoms with E-state index in [9.17, 15) is 4.79 Å². The zero-order valence-corrected chi connectivity index (χ0v) is 18.7. The van der Waals surface area contributed by atoms with E-state index in [1.165, 1.54) is 24.0 Å². The molecule has 1 aliphatic rings. The molecule has 0 radical (unpaired) electrons. The molecule has 1 unspecified atom stereocenters. The number of aryl methyl sites for hydroxylation is 1. The molecule has 0 saturated heterocycles. The van der Waals surface area contributed by atoms with E-state index in [1.54, 1.807) is 13.8 Å². The van der Waals surface area contributed by atoms with Crippen LogP contribution in [0.3, 0.4) is 0 Å². The topological polar surface area (TPSA) is 64.4 Å². The van der Waals surface area contributed by atoms with Gasteiger partial charge in [0.1, 0.15) is 17.1 Å². The van der Waals surface area contributed by atoms with Gasteiger partial charge < -0.3 is 14.6 Å². The van der Waals surface area contributed by atoms with Crippen LogP contribution in [0, 0.1) is 6.92 Å². The molecule has 1 atom stereocenters. The zero-order valence-electron chi connectivity index (χ0n) is 18.7. The lowest BCUT2D eigenvalue weighted by Crippen LogP contribution is -2.30. The zero-order chi connectivity index (χ0) is 22.8. The van der Waals surface area contributed by atoms with E-state index in [0.29, 0.717) is 22.9 Å². The van der Waals surface area contributed by atoms with E-state index in [4.69, 9.17) is 9.26 Å². The largest absolute Gasteiger partial charge is 0.481 e. The number of rotatable bonds is 7. The summed E-state index contributed by atoms with van der Waals surface area (Å²) >= 11 is 0. The van der Waals surface area contributed by atoms with Crippen LogP contribution in [0.1, 0.15) is 36.9 Å². The molecule has 5 heteroatoms. The summed E-state index contributed by atoms with van der Waals surface area (Å²) in [7, 11) is 0. The van der Waals surface area contributed by atoms with Crippen LogP contribution < -0.4 is 10.1 Å². The summed E-state index contributed by atoms with van der Waals surface area (Å²) in [6, 6.07) is 26.2. The maximum atomic E-state index is 12.8. The first-order valence-electron chi connectivity index (χ1n) is 11.3. The van der Waals surface area contributed by atoms with Crippen LogP contribution in [0.15, 0.2) is 83.4 Å². The molecular formula is C28H26N2O3. The summed E-state index contributed by atoms with van der Waals surface area (Å²) in [4.78, 5) is 12.8. The Hall–Kier alpha value is -3.86. The van der Waals surface area contributed by atoms with Gasteiger partial charge in [0.25, 0.3) is 5.91 Å². The molecule has 0 spiro atoms. The van der Waals surface area contributed by atoms with Gasteiger partial charge >= 0.3 is 0 Å². The molecule has 1 saturated carbocycles. The Morgan fingerprint density at radius 3 is 2.18 bits per heavy atom. The molecule has 0 bridgehead atoms. The minimum Gasteiger partial charge on any atom is -0.481 e. The second-order valence-corrected chi connectivity index (χ2v) is 8.51. The second-order valence-electron chi connectivity index (χ2n) is 8.51. The van der Waals surface area contributed by atoms with E-state index >= 15 is 0 Å². The Morgan fingerprint density at radius 2 is 1.55 bits per heavy atom. The van der Waals surface area contributed by atoms with Gasteiger partial charge in [0.15, 0.2) is 11.9 Å². The first-order chi connectivity index (χ1) is 16.1. The van der Waals surface area contributed by atoms with Crippen molar-refractivity contribution >= 4 is 11.6 Å². The number of anilines is 1.